The molecule has 1 aromatic carbocycles. The van der Waals surface area contributed by atoms with Gasteiger partial charge in [0.05, 0.1) is 0 Å². The number of hydrogen-bond donors (Lipinski definition) is 1. The first kappa shape index (κ1) is 14.0. The Morgan fingerprint density at radius 2 is 1.85 bits per heavy atom. The number of amides is 1. The second-order valence-corrected chi connectivity index (χ2v) is 4.25. The first-order valence-corrected chi connectivity index (χ1v) is 6.68. The molecule has 0 aliphatic heterocycles. The minimum absolute atomic E-state index is 0.171. The monoisotopic (exact) mass is 270 g/mol. The van der Waals surface area contributed by atoms with Crippen LogP contribution in [0.4, 0.5) is 11.6 Å². The predicted octanol–water partition coefficient (Wildman–Crippen LogP) is 2.58. The van der Waals surface area contributed by atoms with Crippen LogP contribution in [0.2, 0.25) is 0 Å². The van der Waals surface area contributed by atoms with Gasteiger partial charge in [-0.15, -0.1) is 0 Å². The Labute approximate surface area is 118 Å². The molecule has 0 radical (unpaired) electrons. The quantitative estimate of drug-likeness (QED) is 0.907. The van der Waals surface area contributed by atoms with E-state index in [0.717, 1.165) is 18.9 Å². The fourth-order valence-electron chi connectivity index (χ4n) is 1.91. The highest BCUT2D eigenvalue weighted by atomic mass is 16.1. The molecule has 0 fully saturated rings. The third kappa shape index (κ3) is 3.32. The van der Waals surface area contributed by atoms with E-state index in [2.05, 4.69) is 34.0 Å². The minimum Gasteiger partial charge on any atom is -0.357 e. The van der Waals surface area contributed by atoms with E-state index in [1.54, 1.807) is 18.2 Å². The van der Waals surface area contributed by atoms with Gasteiger partial charge in [-0.25, -0.2) is 9.97 Å². The van der Waals surface area contributed by atoms with Crippen LogP contribution in [0, 0.1) is 0 Å². The maximum absolute atomic E-state index is 12.0. The number of rotatable bonds is 5. The standard InChI is InChI=1S/C15H18N4O/c1-3-19(4-2)14-10-13(16-11-17-14)18-15(20)12-8-6-5-7-9-12/h5-11H,3-4H2,1-2H3,(H,16,17,18,20). The molecule has 5 nitrogen and oxygen atoms in total. The van der Waals surface area contributed by atoms with Crippen LogP contribution >= 0.6 is 0 Å². The number of hydrogen-bond acceptors (Lipinski definition) is 4. The number of carbonyl (C=O) groups is 1. The number of aromatic nitrogens is 2. The van der Waals surface area contributed by atoms with E-state index in [9.17, 15) is 4.79 Å². The largest absolute Gasteiger partial charge is 0.357 e. The fourth-order valence-corrected chi connectivity index (χ4v) is 1.91. The molecule has 0 saturated carbocycles. The van der Waals surface area contributed by atoms with Crippen LogP contribution in [0.15, 0.2) is 42.7 Å². The average molecular weight is 270 g/mol. The van der Waals surface area contributed by atoms with Gasteiger partial charge in [-0.1, -0.05) is 18.2 Å². The summed E-state index contributed by atoms with van der Waals surface area (Å²) >= 11 is 0. The lowest BCUT2D eigenvalue weighted by Gasteiger charge is -2.19. The van der Waals surface area contributed by atoms with Gasteiger partial charge in [0.2, 0.25) is 0 Å². The second kappa shape index (κ2) is 6.65. The maximum Gasteiger partial charge on any atom is 0.256 e. The number of benzene rings is 1. The van der Waals surface area contributed by atoms with E-state index >= 15 is 0 Å². The van der Waals surface area contributed by atoms with Crippen molar-refractivity contribution >= 4 is 17.5 Å². The molecule has 0 spiro atoms. The number of nitrogens with one attached hydrogen (secondary N) is 1. The van der Waals surface area contributed by atoms with Gasteiger partial charge in [0.15, 0.2) is 0 Å². The van der Waals surface area contributed by atoms with E-state index in [1.165, 1.54) is 6.33 Å². The molecular formula is C15H18N4O. The van der Waals surface area contributed by atoms with Crippen molar-refractivity contribution in [1.82, 2.24) is 9.97 Å². The van der Waals surface area contributed by atoms with Crippen molar-refractivity contribution in [3.8, 4) is 0 Å². The molecule has 1 heterocycles. The number of carbonyl (C=O) groups excluding carboxylic acids is 1. The summed E-state index contributed by atoms with van der Waals surface area (Å²) < 4.78 is 0. The molecule has 20 heavy (non-hydrogen) atoms. The summed E-state index contributed by atoms with van der Waals surface area (Å²) in [6, 6.07) is 10.9. The molecule has 0 atom stereocenters. The summed E-state index contributed by atoms with van der Waals surface area (Å²) in [6.07, 6.45) is 1.47. The first-order chi connectivity index (χ1) is 9.74. The van der Waals surface area contributed by atoms with Gasteiger partial charge in [-0.3, -0.25) is 4.79 Å². The second-order valence-electron chi connectivity index (χ2n) is 4.25. The topological polar surface area (TPSA) is 58.1 Å². The van der Waals surface area contributed by atoms with Crippen LogP contribution in [0.1, 0.15) is 24.2 Å². The van der Waals surface area contributed by atoms with Crippen LogP contribution in [0.25, 0.3) is 0 Å². The zero-order chi connectivity index (χ0) is 14.4. The first-order valence-electron chi connectivity index (χ1n) is 6.68. The van der Waals surface area contributed by atoms with Crippen LogP contribution in [0.3, 0.4) is 0 Å². The molecular weight excluding hydrogens is 252 g/mol. The van der Waals surface area contributed by atoms with Crippen molar-refractivity contribution in [2.45, 2.75) is 13.8 Å². The van der Waals surface area contributed by atoms with Gasteiger partial charge < -0.3 is 10.2 Å². The smallest absolute Gasteiger partial charge is 0.256 e. The van der Waals surface area contributed by atoms with Crippen LogP contribution in [-0.4, -0.2) is 29.0 Å². The predicted molar refractivity (Wildman–Crippen MR) is 80.0 cm³/mol. The van der Waals surface area contributed by atoms with E-state index in [4.69, 9.17) is 0 Å². The van der Waals surface area contributed by atoms with E-state index in [-0.39, 0.29) is 5.91 Å². The Hall–Kier alpha value is -2.43. The fraction of sp³-hybridized carbons (Fsp3) is 0.267. The summed E-state index contributed by atoms with van der Waals surface area (Å²) in [5.41, 5.74) is 0.607. The molecule has 0 saturated heterocycles. The Morgan fingerprint density at radius 1 is 1.15 bits per heavy atom. The summed E-state index contributed by atoms with van der Waals surface area (Å²) in [5.74, 6) is 1.15. The minimum atomic E-state index is -0.171. The third-order valence-electron chi connectivity index (χ3n) is 3.02. The molecule has 1 amide bonds. The van der Waals surface area contributed by atoms with Crippen LogP contribution in [-0.2, 0) is 0 Å². The van der Waals surface area contributed by atoms with Crippen molar-refractivity contribution in [3.63, 3.8) is 0 Å². The van der Waals surface area contributed by atoms with E-state index in [1.807, 2.05) is 18.2 Å². The highest BCUT2D eigenvalue weighted by Gasteiger charge is 2.09. The molecule has 1 aromatic heterocycles. The summed E-state index contributed by atoms with van der Waals surface area (Å²) in [4.78, 5) is 22.5. The number of nitrogens with zero attached hydrogens (tertiary/aromatic N) is 3. The third-order valence-corrected chi connectivity index (χ3v) is 3.02. The zero-order valence-corrected chi connectivity index (χ0v) is 11.7. The maximum atomic E-state index is 12.0. The Balaban J connectivity index is 2.14. The van der Waals surface area contributed by atoms with Gasteiger partial charge in [0.25, 0.3) is 5.91 Å². The van der Waals surface area contributed by atoms with Gasteiger partial charge in [-0.2, -0.15) is 0 Å². The lowest BCUT2D eigenvalue weighted by Crippen LogP contribution is -2.23. The highest BCUT2D eigenvalue weighted by Crippen LogP contribution is 2.14. The summed E-state index contributed by atoms with van der Waals surface area (Å²) in [7, 11) is 0. The van der Waals surface area contributed by atoms with E-state index < -0.39 is 0 Å². The highest BCUT2D eigenvalue weighted by molar-refractivity contribution is 6.03. The molecule has 2 rings (SSSR count). The SMILES string of the molecule is CCN(CC)c1cc(NC(=O)c2ccccc2)ncn1. The zero-order valence-electron chi connectivity index (χ0n) is 11.7. The lowest BCUT2D eigenvalue weighted by atomic mass is 10.2. The Bertz CT molecular complexity index is 567. The molecule has 0 aliphatic rings. The van der Waals surface area contributed by atoms with Gasteiger partial charge in [-0.05, 0) is 26.0 Å². The normalized spacial score (nSPS) is 10.1. The van der Waals surface area contributed by atoms with E-state index in [0.29, 0.717) is 11.4 Å². The Morgan fingerprint density at radius 3 is 2.50 bits per heavy atom. The van der Waals surface area contributed by atoms with Crippen molar-refractivity contribution in [1.29, 1.82) is 0 Å². The molecule has 2 aromatic rings. The Kier molecular flexibility index (Phi) is 4.65. The molecule has 104 valence electrons. The van der Waals surface area contributed by atoms with Crippen LogP contribution < -0.4 is 10.2 Å². The molecule has 1 N–H and O–H groups in total. The molecule has 0 aliphatic carbocycles. The number of anilines is 2. The van der Waals surface area contributed by atoms with Gasteiger partial charge >= 0.3 is 0 Å². The molecule has 0 bridgehead atoms. The van der Waals surface area contributed by atoms with Crippen molar-refractivity contribution in [3.05, 3.63) is 48.3 Å². The van der Waals surface area contributed by atoms with Crippen molar-refractivity contribution in [2.24, 2.45) is 0 Å². The summed E-state index contributed by atoms with van der Waals surface area (Å²) in [5, 5.41) is 2.78. The summed E-state index contributed by atoms with van der Waals surface area (Å²) in [6.45, 7) is 5.85. The van der Waals surface area contributed by atoms with Gasteiger partial charge in [0.1, 0.15) is 18.0 Å². The van der Waals surface area contributed by atoms with Crippen LogP contribution in [0.5, 0.6) is 0 Å². The average Bonchev–Trinajstić information content (AvgIpc) is 2.50. The van der Waals surface area contributed by atoms with Gasteiger partial charge in [0, 0.05) is 24.7 Å². The molecule has 0 unspecified atom stereocenters. The molecule has 5 heteroatoms. The lowest BCUT2D eigenvalue weighted by molar-refractivity contribution is 0.102. The van der Waals surface area contributed by atoms with Crippen molar-refractivity contribution < 1.29 is 4.79 Å². The van der Waals surface area contributed by atoms with Crippen molar-refractivity contribution in [2.75, 3.05) is 23.3 Å².